The van der Waals surface area contributed by atoms with Crippen LogP contribution in [0.3, 0.4) is 0 Å². The van der Waals surface area contributed by atoms with Crippen LogP contribution in [0.25, 0.3) is 22.0 Å². The second kappa shape index (κ2) is 6.98. The van der Waals surface area contributed by atoms with E-state index in [1.165, 1.54) is 13.2 Å². The zero-order valence-electron chi connectivity index (χ0n) is 17.1. The fourth-order valence-corrected chi connectivity index (χ4v) is 4.12. The summed E-state index contributed by atoms with van der Waals surface area (Å²) in [5.41, 5.74) is 0.880. The number of aryl methyl sites for hydroxylation is 1. The average Bonchev–Trinajstić information content (AvgIpc) is 3.06. The minimum atomic E-state index is -1.19. The number of H-pyrrole nitrogens is 1. The molecule has 1 unspecified atom stereocenters. The molecule has 6 nitrogen and oxygen atoms in total. The van der Waals surface area contributed by atoms with Crippen LogP contribution in [-0.4, -0.2) is 34.9 Å². The predicted octanol–water partition coefficient (Wildman–Crippen LogP) is 4.38. The summed E-state index contributed by atoms with van der Waals surface area (Å²) < 4.78 is 35.7. The number of para-hydroxylation sites is 1. The first-order chi connectivity index (χ1) is 14.2. The Morgan fingerprint density at radius 1 is 1.30 bits per heavy atom. The van der Waals surface area contributed by atoms with Gasteiger partial charge < -0.3 is 25.5 Å². The lowest BCUT2D eigenvalue weighted by Crippen LogP contribution is -2.55. The van der Waals surface area contributed by atoms with Crippen molar-refractivity contribution in [2.24, 2.45) is 0 Å². The number of halogens is 2. The van der Waals surface area contributed by atoms with Crippen molar-refractivity contribution in [2.75, 3.05) is 12.4 Å². The van der Waals surface area contributed by atoms with E-state index >= 15 is 8.78 Å². The van der Waals surface area contributed by atoms with Crippen molar-refractivity contribution in [1.29, 1.82) is 0 Å². The third-order valence-electron chi connectivity index (χ3n) is 5.73. The zero-order valence-corrected chi connectivity index (χ0v) is 17.1. The highest BCUT2D eigenvalue weighted by Crippen LogP contribution is 2.44. The number of carbonyl (C=O) groups excluding carboxylic acids is 1. The number of ether oxygens (including phenoxy) is 1. The number of carbonyl (C=O) groups is 1. The average molecular weight is 415 g/mol. The number of methoxy groups -OCH3 is 1. The molecule has 1 aliphatic heterocycles. The number of hydrogen-bond acceptors (Lipinski definition) is 4. The summed E-state index contributed by atoms with van der Waals surface area (Å²) in [4.78, 5) is 15.0. The summed E-state index contributed by atoms with van der Waals surface area (Å²) in [5, 5.41) is 17.1. The van der Waals surface area contributed by atoms with E-state index in [1.54, 1.807) is 32.2 Å². The number of rotatable bonds is 2. The maximum atomic E-state index is 15.9. The van der Waals surface area contributed by atoms with E-state index in [2.05, 4.69) is 20.4 Å². The maximum absolute atomic E-state index is 15.9. The van der Waals surface area contributed by atoms with Crippen LogP contribution in [0, 0.1) is 18.6 Å². The van der Waals surface area contributed by atoms with Crippen LogP contribution < -0.4 is 10.6 Å². The Hall–Kier alpha value is -3.13. The van der Waals surface area contributed by atoms with E-state index in [0.29, 0.717) is 11.1 Å². The van der Waals surface area contributed by atoms with Gasteiger partial charge in [-0.05, 0) is 32.4 Å². The zero-order chi connectivity index (χ0) is 21.8. The minimum Gasteiger partial charge on any atom is -0.453 e. The van der Waals surface area contributed by atoms with Crippen LogP contribution in [-0.2, 0) is 4.74 Å². The molecule has 2 aromatic carbocycles. The first-order valence-electron chi connectivity index (χ1n) is 9.55. The number of alkyl carbamates (subject to hydrolysis) is 1. The Labute approximate surface area is 172 Å². The minimum absolute atomic E-state index is 0.0242. The molecule has 0 bridgehead atoms. The summed E-state index contributed by atoms with van der Waals surface area (Å²) in [5.74, 6) is -1.60. The number of anilines is 1. The summed E-state index contributed by atoms with van der Waals surface area (Å²) in [6.07, 6.45) is -0.242. The van der Waals surface area contributed by atoms with Gasteiger partial charge in [-0.3, -0.25) is 0 Å². The normalized spacial score (nSPS) is 19.8. The number of aliphatic hydroxyl groups excluding tert-OH is 1. The van der Waals surface area contributed by atoms with Crippen molar-refractivity contribution < 1.29 is 23.4 Å². The molecule has 2 heterocycles. The van der Waals surface area contributed by atoms with Crippen molar-refractivity contribution in [3.05, 3.63) is 53.2 Å². The van der Waals surface area contributed by atoms with Crippen LogP contribution >= 0.6 is 0 Å². The van der Waals surface area contributed by atoms with Gasteiger partial charge in [-0.15, -0.1) is 0 Å². The summed E-state index contributed by atoms with van der Waals surface area (Å²) in [6.45, 7) is 5.26. The Morgan fingerprint density at radius 2 is 2.03 bits per heavy atom. The molecule has 1 aromatic heterocycles. The summed E-state index contributed by atoms with van der Waals surface area (Å²) in [7, 11) is 1.18. The first kappa shape index (κ1) is 20.2. The van der Waals surface area contributed by atoms with Crippen LogP contribution in [0.5, 0.6) is 0 Å². The Bertz CT molecular complexity index is 1160. The molecule has 2 atom stereocenters. The van der Waals surface area contributed by atoms with Gasteiger partial charge in [0.2, 0.25) is 0 Å². The Kier molecular flexibility index (Phi) is 4.69. The lowest BCUT2D eigenvalue weighted by atomic mass is 9.81. The van der Waals surface area contributed by atoms with Crippen molar-refractivity contribution in [3.63, 3.8) is 0 Å². The molecule has 0 fully saturated rings. The number of aliphatic hydroxyl groups is 1. The van der Waals surface area contributed by atoms with Crippen LogP contribution in [0.4, 0.5) is 19.3 Å². The van der Waals surface area contributed by atoms with E-state index in [1.807, 2.05) is 13.0 Å². The molecule has 0 radical (unpaired) electrons. The largest absolute Gasteiger partial charge is 0.453 e. The van der Waals surface area contributed by atoms with E-state index in [9.17, 15) is 9.90 Å². The highest BCUT2D eigenvalue weighted by atomic mass is 19.1. The van der Waals surface area contributed by atoms with Gasteiger partial charge >= 0.3 is 6.09 Å². The molecule has 0 saturated carbocycles. The van der Waals surface area contributed by atoms with Gasteiger partial charge in [-0.25, -0.2) is 13.6 Å². The fraction of sp³-hybridized carbons (Fsp3) is 0.318. The SMILES string of the molecule is COC(=O)N[C@H]1c2c(cc(F)c(-c3cccc4c(C)c[nH]c34)c2F)NC(C)(C)C1O. The number of nitrogens with one attached hydrogen (secondary N) is 3. The van der Waals surface area contributed by atoms with Crippen LogP contribution in [0.15, 0.2) is 30.5 Å². The third-order valence-corrected chi connectivity index (χ3v) is 5.73. The summed E-state index contributed by atoms with van der Waals surface area (Å²) >= 11 is 0. The van der Waals surface area contributed by atoms with Crippen LogP contribution in [0.1, 0.15) is 31.0 Å². The van der Waals surface area contributed by atoms with Gasteiger partial charge in [-0.1, -0.05) is 18.2 Å². The standard InChI is InChI=1S/C22H23F2N3O3/c1-10-9-25-18-11(10)6-5-7-12(18)15-13(23)8-14-16(17(15)24)19(26-21(29)30-4)20(28)22(2,3)27-14/h5-9,19-20,25,27-28H,1-4H3,(H,26,29)/t19-,20?/m0/s1. The molecule has 4 rings (SSSR count). The highest BCUT2D eigenvalue weighted by Gasteiger charge is 2.44. The number of hydrogen-bond donors (Lipinski definition) is 4. The monoisotopic (exact) mass is 415 g/mol. The fourth-order valence-electron chi connectivity index (χ4n) is 4.12. The molecule has 1 amide bonds. The molecule has 4 N–H and O–H groups in total. The molecule has 0 spiro atoms. The van der Waals surface area contributed by atoms with Crippen molar-refractivity contribution in [2.45, 2.75) is 38.5 Å². The predicted molar refractivity (Wildman–Crippen MR) is 110 cm³/mol. The van der Waals surface area contributed by atoms with Gasteiger partial charge in [0, 0.05) is 28.4 Å². The number of aromatic amines is 1. The van der Waals surface area contributed by atoms with Crippen molar-refractivity contribution >= 4 is 22.7 Å². The topological polar surface area (TPSA) is 86.4 Å². The Balaban J connectivity index is 1.97. The van der Waals surface area contributed by atoms with Crippen LogP contribution in [0.2, 0.25) is 0 Å². The lowest BCUT2D eigenvalue weighted by Gasteiger charge is -2.43. The molecular formula is C22H23F2N3O3. The molecule has 158 valence electrons. The van der Waals surface area contributed by atoms with Gasteiger partial charge in [-0.2, -0.15) is 0 Å². The number of aromatic nitrogens is 1. The number of benzene rings is 2. The smallest absolute Gasteiger partial charge is 0.407 e. The highest BCUT2D eigenvalue weighted by molar-refractivity contribution is 5.96. The Morgan fingerprint density at radius 3 is 2.73 bits per heavy atom. The molecule has 1 aliphatic rings. The molecule has 3 aromatic rings. The van der Waals surface area contributed by atoms with Crippen molar-refractivity contribution in [3.8, 4) is 11.1 Å². The lowest BCUT2D eigenvalue weighted by molar-refractivity contribution is 0.0639. The van der Waals surface area contributed by atoms with E-state index in [-0.39, 0.29) is 16.8 Å². The third kappa shape index (κ3) is 2.99. The molecule has 8 heteroatoms. The van der Waals surface area contributed by atoms with E-state index in [4.69, 9.17) is 0 Å². The van der Waals surface area contributed by atoms with Crippen molar-refractivity contribution in [1.82, 2.24) is 10.3 Å². The van der Waals surface area contributed by atoms with E-state index in [0.717, 1.165) is 10.9 Å². The summed E-state index contributed by atoms with van der Waals surface area (Å²) in [6, 6.07) is 5.30. The second-order valence-electron chi connectivity index (χ2n) is 8.11. The molecule has 0 saturated heterocycles. The van der Waals surface area contributed by atoms with Gasteiger partial charge in [0.05, 0.1) is 29.8 Å². The van der Waals surface area contributed by atoms with E-state index < -0.39 is 35.4 Å². The quantitative estimate of drug-likeness (QED) is 0.500. The second-order valence-corrected chi connectivity index (χ2v) is 8.11. The molecular weight excluding hydrogens is 392 g/mol. The number of amides is 1. The van der Waals surface area contributed by atoms with Gasteiger partial charge in [0.1, 0.15) is 17.7 Å². The number of fused-ring (bicyclic) bond motifs is 2. The molecule has 0 aliphatic carbocycles. The molecule has 30 heavy (non-hydrogen) atoms. The van der Waals surface area contributed by atoms with Gasteiger partial charge in [0.25, 0.3) is 0 Å². The van der Waals surface area contributed by atoms with Gasteiger partial charge in [0.15, 0.2) is 0 Å². The first-order valence-corrected chi connectivity index (χ1v) is 9.55. The maximum Gasteiger partial charge on any atom is 0.407 e.